The third kappa shape index (κ3) is 3.47. The number of nitrogens with zero attached hydrogens (tertiary/aromatic N) is 3. The van der Waals surface area contributed by atoms with Crippen molar-refractivity contribution in [2.24, 2.45) is 5.92 Å². The Labute approximate surface area is 144 Å². The molecular weight excluding hydrogens is 300 g/mol. The van der Waals surface area contributed by atoms with Gasteiger partial charge in [0.15, 0.2) is 0 Å². The van der Waals surface area contributed by atoms with Gasteiger partial charge >= 0.3 is 0 Å². The average molecular weight is 328 g/mol. The number of fused-ring (bicyclic) bond motifs is 1. The molecule has 130 valence electrons. The van der Waals surface area contributed by atoms with Crippen molar-refractivity contribution in [3.8, 4) is 0 Å². The van der Waals surface area contributed by atoms with Crippen LogP contribution in [-0.2, 0) is 11.3 Å². The Bertz CT molecular complexity index is 542. The van der Waals surface area contributed by atoms with Crippen LogP contribution in [0.1, 0.15) is 37.7 Å². The van der Waals surface area contributed by atoms with E-state index in [9.17, 15) is 4.79 Å². The lowest BCUT2D eigenvalue weighted by atomic mass is 9.85. The van der Waals surface area contributed by atoms with Crippen molar-refractivity contribution in [2.75, 3.05) is 26.2 Å². The Hall–Kier alpha value is -1.46. The average Bonchev–Trinajstić information content (AvgIpc) is 3.07. The lowest BCUT2D eigenvalue weighted by Gasteiger charge is -2.36. The molecule has 3 heterocycles. The first-order valence-electron chi connectivity index (χ1n) is 9.46. The minimum absolute atomic E-state index is 0.0722. The first-order valence-corrected chi connectivity index (χ1v) is 9.46. The van der Waals surface area contributed by atoms with E-state index < -0.39 is 0 Å². The Kier molecular flexibility index (Phi) is 4.81. The normalized spacial score (nSPS) is 31.0. The number of hydrogen-bond donors (Lipinski definition) is 1. The Morgan fingerprint density at radius 3 is 2.79 bits per heavy atom. The molecule has 3 fully saturated rings. The second kappa shape index (κ2) is 7.19. The van der Waals surface area contributed by atoms with Crippen LogP contribution in [0.3, 0.4) is 0 Å². The van der Waals surface area contributed by atoms with Gasteiger partial charge in [0.1, 0.15) is 0 Å². The number of aromatic nitrogens is 1. The van der Waals surface area contributed by atoms with E-state index in [4.69, 9.17) is 0 Å². The maximum absolute atomic E-state index is 12.8. The van der Waals surface area contributed by atoms with E-state index in [2.05, 4.69) is 26.2 Å². The van der Waals surface area contributed by atoms with Crippen molar-refractivity contribution >= 4 is 5.91 Å². The second-order valence-corrected chi connectivity index (χ2v) is 7.57. The molecule has 5 nitrogen and oxygen atoms in total. The van der Waals surface area contributed by atoms with Gasteiger partial charge in [-0.15, -0.1) is 0 Å². The van der Waals surface area contributed by atoms with Crippen LogP contribution in [-0.4, -0.2) is 59.0 Å². The fraction of sp³-hybridized carbons (Fsp3) is 0.684. The van der Waals surface area contributed by atoms with Crippen LogP contribution in [0.4, 0.5) is 0 Å². The Morgan fingerprint density at radius 1 is 1.21 bits per heavy atom. The molecule has 3 atom stereocenters. The summed E-state index contributed by atoms with van der Waals surface area (Å²) in [6, 6.07) is 4.78. The Morgan fingerprint density at radius 2 is 2.04 bits per heavy atom. The van der Waals surface area contributed by atoms with Gasteiger partial charge in [0.05, 0.1) is 6.04 Å². The molecule has 1 aromatic heterocycles. The summed E-state index contributed by atoms with van der Waals surface area (Å²) in [5.74, 6) is 1.07. The van der Waals surface area contributed by atoms with E-state index in [1.54, 1.807) is 0 Å². The van der Waals surface area contributed by atoms with Gasteiger partial charge < -0.3 is 10.2 Å². The number of carbonyl (C=O) groups is 1. The number of hydrogen-bond acceptors (Lipinski definition) is 4. The summed E-state index contributed by atoms with van der Waals surface area (Å²) in [6.45, 7) is 4.56. The van der Waals surface area contributed by atoms with E-state index in [1.807, 2.05) is 18.5 Å². The van der Waals surface area contributed by atoms with Gasteiger partial charge in [-0.2, -0.15) is 0 Å². The lowest BCUT2D eigenvalue weighted by molar-refractivity contribution is -0.135. The number of rotatable bonds is 3. The van der Waals surface area contributed by atoms with Gasteiger partial charge in [-0.1, -0.05) is 18.9 Å². The van der Waals surface area contributed by atoms with Crippen molar-refractivity contribution in [1.82, 2.24) is 20.1 Å². The maximum atomic E-state index is 12.8. The first kappa shape index (κ1) is 16.0. The van der Waals surface area contributed by atoms with Crippen LogP contribution in [0, 0.1) is 5.92 Å². The molecular formula is C19H28N4O. The number of carbonyl (C=O) groups excluding carboxylic acids is 1. The molecule has 1 aromatic rings. The highest BCUT2D eigenvalue weighted by Gasteiger charge is 2.40. The number of amides is 1. The molecule has 1 amide bonds. The molecule has 1 aliphatic carbocycles. The largest absolute Gasteiger partial charge is 0.339 e. The fourth-order valence-electron chi connectivity index (χ4n) is 4.61. The van der Waals surface area contributed by atoms with Crippen LogP contribution in [0.25, 0.3) is 0 Å². The van der Waals surface area contributed by atoms with Crippen molar-refractivity contribution in [3.63, 3.8) is 0 Å². The monoisotopic (exact) mass is 328 g/mol. The highest BCUT2D eigenvalue weighted by atomic mass is 16.2. The van der Waals surface area contributed by atoms with Gasteiger partial charge in [-0.25, -0.2) is 0 Å². The topological polar surface area (TPSA) is 48.5 Å². The third-order valence-electron chi connectivity index (χ3n) is 5.97. The molecule has 3 unspecified atom stereocenters. The number of nitrogens with one attached hydrogen (secondary N) is 1. The molecule has 4 rings (SSSR count). The predicted octanol–water partition coefficient (Wildman–Crippen LogP) is 1.65. The minimum atomic E-state index is 0.0722. The van der Waals surface area contributed by atoms with Gasteiger partial charge in [0, 0.05) is 51.2 Å². The first-order chi connectivity index (χ1) is 11.8. The van der Waals surface area contributed by atoms with Gasteiger partial charge in [-0.3, -0.25) is 14.7 Å². The quantitative estimate of drug-likeness (QED) is 0.916. The standard InChI is InChI=1S/C19H28N4O/c24-19(18-12-16-5-1-2-6-17(16)21-18)23-10-8-22(9-11-23)14-15-4-3-7-20-13-15/h3-4,7,13,16-18,21H,1-2,5-6,8-12,14H2. The van der Waals surface area contributed by atoms with Crippen LogP contribution >= 0.6 is 0 Å². The molecule has 0 spiro atoms. The molecule has 0 radical (unpaired) electrons. The van der Waals surface area contributed by atoms with Crippen LogP contribution in [0.5, 0.6) is 0 Å². The number of pyridine rings is 1. The van der Waals surface area contributed by atoms with Gasteiger partial charge in [0.2, 0.25) is 5.91 Å². The molecule has 0 bridgehead atoms. The lowest BCUT2D eigenvalue weighted by Crippen LogP contribution is -2.53. The molecule has 2 saturated heterocycles. The summed E-state index contributed by atoms with van der Waals surface area (Å²) < 4.78 is 0. The highest BCUT2D eigenvalue weighted by molar-refractivity contribution is 5.82. The summed E-state index contributed by atoms with van der Waals surface area (Å²) >= 11 is 0. The SMILES string of the molecule is O=C(C1CC2CCCCC2N1)N1CCN(Cc2cccnc2)CC1. The van der Waals surface area contributed by atoms with E-state index in [1.165, 1.54) is 31.2 Å². The third-order valence-corrected chi connectivity index (χ3v) is 5.97. The maximum Gasteiger partial charge on any atom is 0.239 e. The molecule has 5 heteroatoms. The fourth-order valence-corrected chi connectivity index (χ4v) is 4.61. The summed E-state index contributed by atoms with van der Waals surface area (Å²) in [4.78, 5) is 21.5. The molecule has 2 aliphatic heterocycles. The van der Waals surface area contributed by atoms with E-state index in [0.29, 0.717) is 11.9 Å². The van der Waals surface area contributed by atoms with Crippen molar-refractivity contribution in [1.29, 1.82) is 0 Å². The summed E-state index contributed by atoms with van der Waals surface area (Å²) in [5.41, 5.74) is 1.25. The zero-order valence-electron chi connectivity index (χ0n) is 14.4. The number of piperazine rings is 1. The second-order valence-electron chi connectivity index (χ2n) is 7.57. The summed E-state index contributed by atoms with van der Waals surface area (Å²) in [6.07, 6.45) is 10.0. The van der Waals surface area contributed by atoms with Crippen molar-refractivity contribution < 1.29 is 4.79 Å². The van der Waals surface area contributed by atoms with Crippen molar-refractivity contribution in [3.05, 3.63) is 30.1 Å². The van der Waals surface area contributed by atoms with Crippen molar-refractivity contribution in [2.45, 2.75) is 50.7 Å². The van der Waals surface area contributed by atoms with E-state index in [0.717, 1.165) is 45.1 Å². The highest BCUT2D eigenvalue weighted by Crippen LogP contribution is 2.33. The smallest absolute Gasteiger partial charge is 0.239 e. The van der Waals surface area contributed by atoms with Crippen LogP contribution in [0.15, 0.2) is 24.5 Å². The molecule has 1 N–H and O–H groups in total. The summed E-state index contributed by atoms with van der Waals surface area (Å²) in [5, 5.41) is 3.63. The zero-order chi connectivity index (χ0) is 16.4. The summed E-state index contributed by atoms with van der Waals surface area (Å²) in [7, 11) is 0. The van der Waals surface area contributed by atoms with Crippen LogP contribution < -0.4 is 5.32 Å². The minimum Gasteiger partial charge on any atom is -0.339 e. The molecule has 1 saturated carbocycles. The molecule has 0 aromatic carbocycles. The molecule has 24 heavy (non-hydrogen) atoms. The predicted molar refractivity (Wildman–Crippen MR) is 93.4 cm³/mol. The Balaban J connectivity index is 1.27. The van der Waals surface area contributed by atoms with E-state index in [-0.39, 0.29) is 6.04 Å². The molecule has 3 aliphatic rings. The van der Waals surface area contributed by atoms with Gasteiger partial charge in [0.25, 0.3) is 0 Å². The van der Waals surface area contributed by atoms with E-state index >= 15 is 0 Å². The van der Waals surface area contributed by atoms with Crippen LogP contribution in [0.2, 0.25) is 0 Å². The van der Waals surface area contributed by atoms with Gasteiger partial charge in [-0.05, 0) is 36.8 Å². The zero-order valence-corrected chi connectivity index (χ0v) is 14.4.